The summed E-state index contributed by atoms with van der Waals surface area (Å²) in [6.07, 6.45) is -3.45. The highest BCUT2D eigenvalue weighted by Gasteiger charge is 2.52. The van der Waals surface area contributed by atoms with E-state index in [-0.39, 0.29) is 13.2 Å². The fourth-order valence-corrected chi connectivity index (χ4v) is 3.33. The normalized spacial score (nSPS) is 28.0. The van der Waals surface area contributed by atoms with Gasteiger partial charge in [-0.1, -0.05) is 0 Å². The maximum absolute atomic E-state index is 11.8. The zero-order valence-corrected chi connectivity index (χ0v) is 18.5. The Morgan fingerprint density at radius 1 is 0.839 bits per heavy atom. The maximum atomic E-state index is 11.8. The van der Waals surface area contributed by atoms with E-state index >= 15 is 0 Å². The van der Waals surface area contributed by atoms with Gasteiger partial charge in [-0.05, 0) is 19.9 Å². The van der Waals surface area contributed by atoms with Crippen LogP contribution in [0.4, 0.5) is 0 Å². The lowest BCUT2D eigenvalue weighted by molar-refractivity contribution is -0.308. The third-order valence-electron chi connectivity index (χ3n) is 4.84. The molecular weight excluding hydrogens is 414 g/mol. The summed E-state index contributed by atoms with van der Waals surface area (Å²) in [5, 5.41) is 0. The van der Waals surface area contributed by atoms with Crippen LogP contribution in [0.3, 0.4) is 0 Å². The van der Waals surface area contributed by atoms with Gasteiger partial charge in [0.15, 0.2) is 24.6 Å². The van der Waals surface area contributed by atoms with E-state index in [1.807, 2.05) is 7.05 Å². The molecule has 1 aliphatic carbocycles. The summed E-state index contributed by atoms with van der Waals surface area (Å²) in [7, 11) is 1.98. The van der Waals surface area contributed by atoms with E-state index in [1.165, 1.54) is 27.7 Å². The van der Waals surface area contributed by atoms with Crippen molar-refractivity contribution in [3.05, 3.63) is 0 Å². The largest absolute Gasteiger partial charge is 0.463 e. The molecule has 0 aromatic carbocycles. The average Bonchev–Trinajstić information content (AvgIpc) is 3.48. The summed E-state index contributed by atoms with van der Waals surface area (Å²) in [6.45, 7) is 5.33. The summed E-state index contributed by atoms with van der Waals surface area (Å²) in [6, 6.07) is 0.527. The molecule has 2 rings (SSSR count). The SMILES string of the molecule is CC(=O)OC[C@H]1O[C@@H](OCCN(C)C2CC2)[C@H](OC(C)=O)[C@@H](OC(C)=O)[C@@H]1OC(C)=O. The predicted octanol–water partition coefficient (Wildman–Crippen LogP) is 0.180. The van der Waals surface area contributed by atoms with Crippen LogP contribution in [0.2, 0.25) is 0 Å². The molecule has 1 aliphatic heterocycles. The number of carbonyl (C=O) groups excluding carboxylic acids is 4. The second-order valence-corrected chi connectivity index (χ2v) is 7.65. The molecule has 1 saturated carbocycles. The van der Waals surface area contributed by atoms with Gasteiger partial charge < -0.3 is 33.3 Å². The molecular formula is C20H31NO10. The number of ether oxygens (including phenoxy) is 6. The molecule has 0 bridgehead atoms. The highest BCUT2D eigenvalue weighted by molar-refractivity contribution is 5.68. The van der Waals surface area contributed by atoms with E-state index in [9.17, 15) is 19.2 Å². The van der Waals surface area contributed by atoms with Gasteiger partial charge in [-0.3, -0.25) is 19.2 Å². The van der Waals surface area contributed by atoms with Crippen LogP contribution in [0.25, 0.3) is 0 Å². The molecule has 5 atom stereocenters. The van der Waals surface area contributed by atoms with Crippen molar-refractivity contribution in [1.29, 1.82) is 0 Å². The first kappa shape index (κ1) is 25.0. The highest BCUT2D eigenvalue weighted by atomic mass is 16.7. The molecule has 0 unspecified atom stereocenters. The average molecular weight is 445 g/mol. The fourth-order valence-electron chi connectivity index (χ4n) is 3.33. The van der Waals surface area contributed by atoms with Crippen LogP contribution in [-0.2, 0) is 47.6 Å². The second-order valence-electron chi connectivity index (χ2n) is 7.65. The van der Waals surface area contributed by atoms with Gasteiger partial charge in [0.05, 0.1) is 6.61 Å². The monoisotopic (exact) mass is 445 g/mol. The summed E-state index contributed by atoms with van der Waals surface area (Å²) in [5.41, 5.74) is 0. The minimum Gasteiger partial charge on any atom is -0.463 e. The molecule has 31 heavy (non-hydrogen) atoms. The summed E-state index contributed by atoms with van der Waals surface area (Å²) < 4.78 is 32.7. The van der Waals surface area contributed by atoms with Crippen LogP contribution in [0.15, 0.2) is 0 Å². The van der Waals surface area contributed by atoms with Crippen LogP contribution in [0.1, 0.15) is 40.5 Å². The number of rotatable bonds is 10. The van der Waals surface area contributed by atoms with Crippen molar-refractivity contribution >= 4 is 23.9 Å². The lowest BCUT2D eigenvalue weighted by Gasteiger charge is -2.44. The Balaban J connectivity index is 2.23. The van der Waals surface area contributed by atoms with Crippen molar-refractivity contribution in [3.8, 4) is 0 Å². The Morgan fingerprint density at radius 2 is 1.39 bits per heavy atom. The zero-order valence-electron chi connectivity index (χ0n) is 18.5. The third-order valence-corrected chi connectivity index (χ3v) is 4.84. The molecule has 1 saturated heterocycles. The number of hydrogen-bond donors (Lipinski definition) is 0. The molecule has 0 spiro atoms. The van der Waals surface area contributed by atoms with Crippen molar-refractivity contribution in [2.24, 2.45) is 0 Å². The third kappa shape index (κ3) is 8.08. The second kappa shape index (κ2) is 11.4. The van der Waals surface area contributed by atoms with Crippen molar-refractivity contribution in [3.63, 3.8) is 0 Å². The van der Waals surface area contributed by atoms with Crippen molar-refractivity contribution < 1.29 is 47.6 Å². The minimum atomic E-state index is -1.22. The maximum Gasteiger partial charge on any atom is 0.303 e. The zero-order chi connectivity index (χ0) is 23.1. The van der Waals surface area contributed by atoms with Crippen LogP contribution in [0.5, 0.6) is 0 Å². The molecule has 0 aromatic rings. The van der Waals surface area contributed by atoms with E-state index < -0.39 is 54.6 Å². The predicted molar refractivity (Wildman–Crippen MR) is 104 cm³/mol. The van der Waals surface area contributed by atoms with Crippen LogP contribution < -0.4 is 0 Å². The standard InChI is InChI=1S/C20H31NO10/c1-11(22)27-10-16-17(28-12(2)23)18(29-13(3)24)19(30-14(4)25)20(31-16)26-9-8-21(5)15-6-7-15/h15-20H,6-10H2,1-5H3/t16-,17-,18+,19-,20-/m1/s1. The van der Waals surface area contributed by atoms with Crippen LogP contribution >= 0.6 is 0 Å². The molecule has 0 radical (unpaired) electrons. The number of likely N-dealkylation sites (N-methyl/N-ethyl adjacent to an activating group) is 1. The van der Waals surface area contributed by atoms with Gasteiger partial charge in [0, 0.05) is 40.3 Å². The number of carbonyl (C=O) groups is 4. The molecule has 11 nitrogen and oxygen atoms in total. The Bertz CT molecular complexity index is 664. The van der Waals surface area contributed by atoms with Gasteiger partial charge in [-0.2, -0.15) is 0 Å². The van der Waals surface area contributed by atoms with Crippen LogP contribution in [-0.4, -0.2) is 92.3 Å². The van der Waals surface area contributed by atoms with Crippen molar-refractivity contribution in [1.82, 2.24) is 4.90 Å². The summed E-state index contributed by atoms with van der Waals surface area (Å²) in [4.78, 5) is 48.6. The first-order valence-electron chi connectivity index (χ1n) is 10.2. The fraction of sp³-hybridized carbons (Fsp3) is 0.800. The minimum absolute atomic E-state index is 0.251. The molecule has 0 amide bonds. The van der Waals surface area contributed by atoms with Gasteiger partial charge in [0.1, 0.15) is 12.7 Å². The number of nitrogens with zero attached hydrogens (tertiary/aromatic N) is 1. The van der Waals surface area contributed by atoms with Crippen LogP contribution in [0, 0.1) is 0 Å². The summed E-state index contributed by atoms with van der Waals surface area (Å²) in [5.74, 6) is -2.58. The summed E-state index contributed by atoms with van der Waals surface area (Å²) >= 11 is 0. The van der Waals surface area contributed by atoms with E-state index in [0.717, 1.165) is 12.8 Å². The molecule has 176 valence electrons. The van der Waals surface area contributed by atoms with Crippen molar-refractivity contribution in [2.75, 3.05) is 26.8 Å². The first-order chi connectivity index (χ1) is 14.6. The van der Waals surface area contributed by atoms with E-state index in [4.69, 9.17) is 28.4 Å². The van der Waals surface area contributed by atoms with Gasteiger partial charge in [-0.25, -0.2) is 0 Å². The smallest absolute Gasteiger partial charge is 0.303 e. The Hall–Kier alpha value is -2.24. The number of hydrogen-bond acceptors (Lipinski definition) is 11. The van der Waals surface area contributed by atoms with Crippen molar-refractivity contribution in [2.45, 2.75) is 77.3 Å². The molecule has 11 heteroatoms. The molecule has 2 fully saturated rings. The molecule has 2 aliphatic rings. The highest BCUT2D eigenvalue weighted by Crippen LogP contribution is 2.30. The van der Waals surface area contributed by atoms with Gasteiger partial charge >= 0.3 is 23.9 Å². The number of esters is 4. The lowest BCUT2D eigenvalue weighted by atomic mass is 9.98. The van der Waals surface area contributed by atoms with Gasteiger partial charge in [0.2, 0.25) is 0 Å². The molecule has 0 N–H and O–H groups in total. The Kier molecular flexibility index (Phi) is 9.20. The van der Waals surface area contributed by atoms with Gasteiger partial charge in [0.25, 0.3) is 0 Å². The van der Waals surface area contributed by atoms with E-state index in [0.29, 0.717) is 12.6 Å². The molecule has 1 heterocycles. The first-order valence-corrected chi connectivity index (χ1v) is 10.2. The molecule has 0 aromatic heterocycles. The quantitative estimate of drug-likeness (QED) is 0.337. The Labute approximate surface area is 181 Å². The van der Waals surface area contributed by atoms with E-state index in [1.54, 1.807) is 0 Å². The van der Waals surface area contributed by atoms with Gasteiger partial charge in [-0.15, -0.1) is 0 Å². The van der Waals surface area contributed by atoms with E-state index in [2.05, 4.69) is 4.90 Å². The lowest BCUT2D eigenvalue weighted by Crippen LogP contribution is -2.63. The Morgan fingerprint density at radius 3 is 1.90 bits per heavy atom. The topological polar surface area (TPSA) is 127 Å².